The van der Waals surface area contributed by atoms with Gasteiger partial charge < -0.3 is 5.32 Å². The Morgan fingerprint density at radius 2 is 1.89 bits per heavy atom. The summed E-state index contributed by atoms with van der Waals surface area (Å²) in [7, 11) is 0. The predicted molar refractivity (Wildman–Crippen MR) is 104 cm³/mol. The number of carbonyl (C=O) groups is 1. The number of hydrogen-bond acceptors (Lipinski definition) is 6. The number of hydrogen-bond donors (Lipinski definition) is 1. The van der Waals surface area contributed by atoms with Crippen LogP contribution in [-0.4, -0.2) is 31.1 Å². The monoisotopic (exact) mass is 376 g/mol. The van der Waals surface area contributed by atoms with Crippen molar-refractivity contribution in [2.24, 2.45) is 0 Å². The molecule has 0 aliphatic carbocycles. The van der Waals surface area contributed by atoms with Crippen molar-refractivity contribution in [2.45, 2.75) is 13.3 Å². The molecule has 0 atom stereocenters. The van der Waals surface area contributed by atoms with E-state index in [9.17, 15) is 4.79 Å². The Morgan fingerprint density at radius 1 is 1.11 bits per heavy atom. The molecule has 134 valence electrons. The van der Waals surface area contributed by atoms with Crippen LogP contribution in [0.3, 0.4) is 0 Å². The number of aromatic nitrogens is 5. The maximum Gasteiger partial charge on any atom is 0.230 e. The van der Waals surface area contributed by atoms with E-state index >= 15 is 0 Å². The molecule has 0 spiro atoms. The van der Waals surface area contributed by atoms with E-state index in [1.807, 2.05) is 60.8 Å². The second kappa shape index (κ2) is 7.46. The molecule has 27 heavy (non-hydrogen) atoms. The summed E-state index contributed by atoms with van der Waals surface area (Å²) >= 11 is 1.42. The average molecular weight is 376 g/mol. The lowest BCUT2D eigenvalue weighted by Crippen LogP contribution is -2.14. The molecule has 0 radical (unpaired) electrons. The summed E-state index contributed by atoms with van der Waals surface area (Å²) in [4.78, 5) is 16.8. The molecule has 0 bridgehead atoms. The van der Waals surface area contributed by atoms with Gasteiger partial charge in [-0.25, -0.2) is 9.67 Å². The van der Waals surface area contributed by atoms with Gasteiger partial charge in [-0.05, 0) is 35.0 Å². The second-order valence-electron chi connectivity index (χ2n) is 6.05. The highest BCUT2D eigenvalue weighted by atomic mass is 32.1. The van der Waals surface area contributed by atoms with E-state index < -0.39 is 0 Å². The van der Waals surface area contributed by atoms with Crippen molar-refractivity contribution >= 4 is 22.4 Å². The lowest BCUT2D eigenvalue weighted by Gasteiger charge is -2.04. The zero-order valence-corrected chi connectivity index (χ0v) is 15.3. The molecule has 0 fully saturated rings. The smallest absolute Gasteiger partial charge is 0.230 e. The minimum Gasteiger partial charge on any atom is -0.302 e. The largest absolute Gasteiger partial charge is 0.302 e. The first kappa shape index (κ1) is 17.0. The van der Waals surface area contributed by atoms with Crippen LogP contribution >= 0.6 is 11.3 Å². The summed E-state index contributed by atoms with van der Waals surface area (Å²) in [5, 5.41) is 16.5. The lowest BCUT2D eigenvalue weighted by atomic mass is 10.1. The highest BCUT2D eigenvalue weighted by Crippen LogP contribution is 2.25. The van der Waals surface area contributed by atoms with Crippen molar-refractivity contribution in [3.8, 4) is 16.9 Å². The Kier molecular flexibility index (Phi) is 4.71. The first-order valence-corrected chi connectivity index (χ1v) is 9.20. The quantitative estimate of drug-likeness (QED) is 0.578. The van der Waals surface area contributed by atoms with E-state index in [0.717, 1.165) is 22.5 Å². The third-order valence-corrected chi connectivity index (χ3v) is 4.77. The predicted octanol–water partition coefficient (Wildman–Crippen LogP) is 3.28. The van der Waals surface area contributed by atoms with Crippen molar-refractivity contribution in [1.29, 1.82) is 0 Å². The molecule has 4 rings (SSSR count). The number of nitrogens with zero attached hydrogens (tertiary/aromatic N) is 5. The molecular weight excluding hydrogens is 360 g/mol. The molecule has 1 amide bonds. The van der Waals surface area contributed by atoms with E-state index in [1.165, 1.54) is 23.2 Å². The summed E-state index contributed by atoms with van der Waals surface area (Å²) < 4.78 is 1.56. The first-order chi connectivity index (χ1) is 13.2. The van der Waals surface area contributed by atoms with Gasteiger partial charge in [-0.15, -0.1) is 16.4 Å². The summed E-state index contributed by atoms with van der Waals surface area (Å²) in [5.74, 6) is -0.102. The van der Waals surface area contributed by atoms with Gasteiger partial charge in [0, 0.05) is 10.9 Å². The van der Waals surface area contributed by atoms with Crippen LogP contribution in [0.2, 0.25) is 0 Å². The van der Waals surface area contributed by atoms with E-state index in [1.54, 1.807) is 4.68 Å². The maximum absolute atomic E-state index is 12.3. The van der Waals surface area contributed by atoms with Gasteiger partial charge in [-0.1, -0.05) is 42.0 Å². The SMILES string of the molecule is Cc1ccc(-c2csc(NC(=O)Cc3ccc(-n4cnnn4)cc3)n2)cc1. The molecule has 0 unspecified atom stereocenters. The lowest BCUT2D eigenvalue weighted by molar-refractivity contribution is -0.115. The number of carbonyl (C=O) groups excluding carboxylic acids is 1. The number of nitrogens with one attached hydrogen (secondary N) is 1. The fourth-order valence-corrected chi connectivity index (χ4v) is 3.32. The van der Waals surface area contributed by atoms with Crippen LogP contribution in [0.15, 0.2) is 60.2 Å². The van der Waals surface area contributed by atoms with Crippen LogP contribution in [0.25, 0.3) is 16.9 Å². The molecule has 2 heterocycles. The molecule has 2 aromatic heterocycles. The van der Waals surface area contributed by atoms with Gasteiger partial charge in [0.05, 0.1) is 17.8 Å². The van der Waals surface area contributed by atoms with Gasteiger partial charge in [0.1, 0.15) is 6.33 Å². The Bertz CT molecular complexity index is 1040. The number of thiazole rings is 1. The molecule has 0 saturated carbocycles. The molecular formula is C19H16N6OS. The molecule has 0 aliphatic heterocycles. The van der Waals surface area contributed by atoms with Crippen molar-refractivity contribution in [3.05, 3.63) is 71.4 Å². The van der Waals surface area contributed by atoms with Crippen molar-refractivity contribution < 1.29 is 4.79 Å². The number of anilines is 1. The Labute approximate surface area is 159 Å². The third kappa shape index (κ3) is 4.06. The fourth-order valence-electron chi connectivity index (χ4n) is 2.58. The van der Waals surface area contributed by atoms with Gasteiger partial charge in [0.2, 0.25) is 5.91 Å². The summed E-state index contributed by atoms with van der Waals surface area (Å²) in [6.45, 7) is 2.05. The minimum atomic E-state index is -0.102. The molecule has 8 heteroatoms. The van der Waals surface area contributed by atoms with E-state index in [2.05, 4.69) is 25.8 Å². The third-order valence-electron chi connectivity index (χ3n) is 4.01. The van der Waals surface area contributed by atoms with Crippen LogP contribution in [0.4, 0.5) is 5.13 Å². The van der Waals surface area contributed by atoms with E-state index in [4.69, 9.17) is 0 Å². The van der Waals surface area contributed by atoms with Crippen molar-refractivity contribution in [1.82, 2.24) is 25.2 Å². The molecule has 1 N–H and O–H groups in total. The van der Waals surface area contributed by atoms with Gasteiger partial charge in [0.25, 0.3) is 0 Å². The van der Waals surface area contributed by atoms with Crippen LogP contribution in [-0.2, 0) is 11.2 Å². The van der Waals surface area contributed by atoms with Crippen LogP contribution in [0, 0.1) is 6.92 Å². The number of rotatable bonds is 5. The zero-order valence-electron chi connectivity index (χ0n) is 14.5. The van der Waals surface area contributed by atoms with Gasteiger partial charge >= 0.3 is 0 Å². The van der Waals surface area contributed by atoms with Crippen LogP contribution in [0.1, 0.15) is 11.1 Å². The Hall–Kier alpha value is -3.39. The van der Waals surface area contributed by atoms with Crippen molar-refractivity contribution in [3.63, 3.8) is 0 Å². The summed E-state index contributed by atoms with van der Waals surface area (Å²) in [6.07, 6.45) is 1.80. The minimum absolute atomic E-state index is 0.102. The first-order valence-electron chi connectivity index (χ1n) is 8.32. The summed E-state index contributed by atoms with van der Waals surface area (Å²) in [6, 6.07) is 15.7. The number of benzene rings is 2. The van der Waals surface area contributed by atoms with Crippen LogP contribution < -0.4 is 5.32 Å². The zero-order chi connectivity index (χ0) is 18.6. The molecule has 2 aromatic carbocycles. The Morgan fingerprint density at radius 3 is 2.59 bits per heavy atom. The standard InChI is InChI=1S/C19H16N6OS/c1-13-2-6-15(7-3-13)17-11-27-19(21-17)22-18(26)10-14-4-8-16(9-5-14)25-12-20-23-24-25/h2-9,11-12H,10H2,1H3,(H,21,22,26). The number of amides is 1. The maximum atomic E-state index is 12.3. The molecule has 0 aliphatic rings. The molecule has 4 aromatic rings. The number of aryl methyl sites for hydroxylation is 1. The molecule has 0 saturated heterocycles. The van der Waals surface area contributed by atoms with Gasteiger partial charge in [-0.2, -0.15) is 0 Å². The van der Waals surface area contributed by atoms with Gasteiger partial charge in [0.15, 0.2) is 5.13 Å². The molecule has 7 nitrogen and oxygen atoms in total. The topological polar surface area (TPSA) is 85.6 Å². The van der Waals surface area contributed by atoms with Crippen molar-refractivity contribution in [2.75, 3.05) is 5.32 Å². The fraction of sp³-hybridized carbons (Fsp3) is 0.105. The van der Waals surface area contributed by atoms with Gasteiger partial charge in [-0.3, -0.25) is 4.79 Å². The highest BCUT2D eigenvalue weighted by molar-refractivity contribution is 7.14. The summed E-state index contributed by atoms with van der Waals surface area (Å²) in [5.41, 5.74) is 4.84. The van der Waals surface area contributed by atoms with E-state index in [0.29, 0.717) is 5.13 Å². The number of tetrazole rings is 1. The van der Waals surface area contributed by atoms with E-state index in [-0.39, 0.29) is 12.3 Å². The average Bonchev–Trinajstić information content (AvgIpc) is 3.35. The Balaban J connectivity index is 1.39. The second-order valence-corrected chi connectivity index (χ2v) is 6.91. The highest BCUT2D eigenvalue weighted by Gasteiger charge is 2.09. The van der Waals surface area contributed by atoms with Crippen LogP contribution in [0.5, 0.6) is 0 Å². The normalized spacial score (nSPS) is 10.7.